The Morgan fingerprint density at radius 1 is 1.50 bits per heavy atom. The third kappa shape index (κ3) is 3.19. The molecule has 1 N–H and O–H groups in total. The summed E-state index contributed by atoms with van der Waals surface area (Å²) >= 11 is 5.88. The molecule has 1 amide bonds. The zero-order chi connectivity index (χ0) is 17.5. The molecule has 0 spiro atoms. The van der Waals surface area contributed by atoms with E-state index in [9.17, 15) is 18.0 Å². The van der Waals surface area contributed by atoms with Crippen LogP contribution in [-0.2, 0) is 17.4 Å². The lowest BCUT2D eigenvalue weighted by Crippen LogP contribution is -2.22. The smallest absolute Gasteiger partial charge is 0.356 e. The number of rotatable bonds is 4. The third-order valence-corrected chi connectivity index (χ3v) is 4.67. The first-order valence-electron chi connectivity index (χ1n) is 7.66. The molecule has 2 aromatic rings. The van der Waals surface area contributed by atoms with E-state index in [1.165, 1.54) is 16.8 Å². The second-order valence-electron chi connectivity index (χ2n) is 5.99. The van der Waals surface area contributed by atoms with E-state index in [0.717, 1.165) is 0 Å². The summed E-state index contributed by atoms with van der Waals surface area (Å²) in [5.41, 5.74) is -0.897. The molecule has 2 aromatic heterocycles. The molecule has 1 saturated heterocycles. The van der Waals surface area contributed by atoms with Crippen LogP contribution in [0.4, 0.5) is 13.2 Å². The topological polar surface area (TPSA) is 59.3 Å². The number of amides is 1. The fourth-order valence-electron chi connectivity index (χ4n) is 3.23. The summed E-state index contributed by atoms with van der Waals surface area (Å²) in [7, 11) is 0. The second-order valence-corrected chi connectivity index (χ2v) is 6.42. The summed E-state index contributed by atoms with van der Waals surface area (Å²) < 4.78 is 41.4. The van der Waals surface area contributed by atoms with Gasteiger partial charge in [0.25, 0.3) is 0 Å². The molecule has 0 aliphatic carbocycles. The molecular formula is C15H16ClF3N4O. The van der Waals surface area contributed by atoms with Crippen LogP contribution in [0, 0.1) is 11.8 Å². The summed E-state index contributed by atoms with van der Waals surface area (Å²) in [6.45, 7) is 2.41. The van der Waals surface area contributed by atoms with Crippen molar-refractivity contribution in [2.75, 3.05) is 6.54 Å². The molecule has 9 heteroatoms. The van der Waals surface area contributed by atoms with Gasteiger partial charge in [-0.15, -0.1) is 0 Å². The first-order chi connectivity index (χ1) is 11.3. The molecule has 0 bridgehead atoms. The van der Waals surface area contributed by atoms with Gasteiger partial charge in [0.1, 0.15) is 0 Å². The minimum atomic E-state index is -4.57. The van der Waals surface area contributed by atoms with E-state index >= 15 is 0 Å². The van der Waals surface area contributed by atoms with Crippen LogP contribution in [0.15, 0.2) is 12.4 Å². The minimum Gasteiger partial charge on any atom is -0.356 e. The maximum absolute atomic E-state index is 13.4. The summed E-state index contributed by atoms with van der Waals surface area (Å²) in [6, 6.07) is 0. The van der Waals surface area contributed by atoms with Crippen LogP contribution in [0.3, 0.4) is 0 Å². The van der Waals surface area contributed by atoms with Crippen LogP contribution in [0.2, 0.25) is 5.02 Å². The van der Waals surface area contributed by atoms with E-state index < -0.39 is 11.9 Å². The Hall–Kier alpha value is -1.83. The number of hydrogen-bond acceptors (Lipinski definition) is 3. The van der Waals surface area contributed by atoms with Crippen molar-refractivity contribution in [3.05, 3.63) is 28.8 Å². The molecule has 130 valence electrons. The molecule has 5 nitrogen and oxygen atoms in total. The first kappa shape index (κ1) is 17.0. The number of alkyl halides is 3. The van der Waals surface area contributed by atoms with Gasteiger partial charge in [0.05, 0.1) is 16.9 Å². The van der Waals surface area contributed by atoms with Crippen LogP contribution in [0.1, 0.15) is 31.2 Å². The Balaban J connectivity index is 2.02. The highest BCUT2D eigenvalue weighted by atomic mass is 35.5. The summed E-state index contributed by atoms with van der Waals surface area (Å²) in [4.78, 5) is 18.9. The number of carbonyl (C=O) groups is 1. The van der Waals surface area contributed by atoms with Crippen molar-refractivity contribution in [1.82, 2.24) is 19.7 Å². The molecule has 2 unspecified atom stereocenters. The maximum Gasteiger partial charge on any atom is 0.435 e. The Morgan fingerprint density at radius 3 is 2.83 bits per heavy atom. The van der Waals surface area contributed by atoms with Crippen molar-refractivity contribution >= 4 is 23.3 Å². The lowest BCUT2D eigenvalue weighted by atomic mass is 9.85. The van der Waals surface area contributed by atoms with Gasteiger partial charge in [-0.1, -0.05) is 24.9 Å². The van der Waals surface area contributed by atoms with Crippen molar-refractivity contribution in [2.45, 2.75) is 32.4 Å². The predicted molar refractivity (Wildman–Crippen MR) is 81.6 cm³/mol. The van der Waals surface area contributed by atoms with E-state index in [1.807, 2.05) is 6.92 Å². The Morgan fingerprint density at radius 2 is 2.25 bits per heavy atom. The number of halogens is 4. The molecule has 1 aliphatic heterocycles. The van der Waals surface area contributed by atoms with Crippen molar-refractivity contribution in [2.24, 2.45) is 11.8 Å². The van der Waals surface area contributed by atoms with Gasteiger partial charge >= 0.3 is 6.18 Å². The quantitative estimate of drug-likeness (QED) is 0.911. The van der Waals surface area contributed by atoms with E-state index in [0.29, 0.717) is 19.4 Å². The second kappa shape index (κ2) is 6.23. The van der Waals surface area contributed by atoms with Crippen LogP contribution in [0.25, 0.3) is 5.78 Å². The van der Waals surface area contributed by atoms with E-state index in [2.05, 4.69) is 15.3 Å². The van der Waals surface area contributed by atoms with Crippen LogP contribution in [0.5, 0.6) is 0 Å². The van der Waals surface area contributed by atoms with E-state index in [1.54, 1.807) is 0 Å². The van der Waals surface area contributed by atoms with Crippen molar-refractivity contribution < 1.29 is 18.0 Å². The van der Waals surface area contributed by atoms with Gasteiger partial charge in [0.2, 0.25) is 11.7 Å². The van der Waals surface area contributed by atoms with Gasteiger partial charge in [-0.2, -0.15) is 13.2 Å². The lowest BCUT2D eigenvalue weighted by molar-refractivity contribution is -0.141. The van der Waals surface area contributed by atoms with Gasteiger partial charge in [0, 0.05) is 19.2 Å². The standard InChI is InChI=1S/C15H16ClF3N4O/c1-2-8(9-4-12(24)20-5-9)3-11-13(15(17,18)19)22-14-21-6-10(16)7-23(11)14/h6-9H,2-5H2,1H3,(H,20,24). The first-order valence-corrected chi connectivity index (χ1v) is 8.03. The summed E-state index contributed by atoms with van der Waals surface area (Å²) in [5, 5.41) is 2.97. The van der Waals surface area contributed by atoms with Gasteiger partial charge in [-0.3, -0.25) is 9.20 Å². The normalized spacial score (nSPS) is 19.7. The molecule has 24 heavy (non-hydrogen) atoms. The highest BCUT2D eigenvalue weighted by Crippen LogP contribution is 2.35. The molecule has 3 rings (SSSR count). The monoisotopic (exact) mass is 360 g/mol. The zero-order valence-electron chi connectivity index (χ0n) is 12.9. The highest BCUT2D eigenvalue weighted by molar-refractivity contribution is 6.30. The minimum absolute atomic E-state index is 0.0151. The number of nitrogens with zero attached hydrogens (tertiary/aromatic N) is 3. The number of hydrogen-bond donors (Lipinski definition) is 1. The number of imidazole rings is 1. The zero-order valence-corrected chi connectivity index (χ0v) is 13.7. The molecule has 1 aliphatic rings. The number of fused-ring (bicyclic) bond motifs is 1. The largest absolute Gasteiger partial charge is 0.435 e. The van der Waals surface area contributed by atoms with Crippen LogP contribution < -0.4 is 5.32 Å². The van der Waals surface area contributed by atoms with Gasteiger partial charge < -0.3 is 5.32 Å². The van der Waals surface area contributed by atoms with Crippen LogP contribution in [-0.4, -0.2) is 26.8 Å². The molecular weight excluding hydrogens is 345 g/mol. The number of nitrogens with one attached hydrogen (secondary N) is 1. The highest BCUT2D eigenvalue weighted by Gasteiger charge is 2.39. The molecule has 0 radical (unpaired) electrons. The van der Waals surface area contributed by atoms with Gasteiger partial charge in [0.15, 0.2) is 5.69 Å². The van der Waals surface area contributed by atoms with Gasteiger partial charge in [-0.25, -0.2) is 9.97 Å². The number of carbonyl (C=O) groups excluding carboxylic acids is 1. The van der Waals surface area contributed by atoms with Crippen molar-refractivity contribution in [1.29, 1.82) is 0 Å². The van der Waals surface area contributed by atoms with E-state index in [4.69, 9.17) is 11.6 Å². The molecule has 2 atom stereocenters. The lowest BCUT2D eigenvalue weighted by Gasteiger charge is -2.21. The Bertz CT molecular complexity index is 774. The fourth-order valence-corrected chi connectivity index (χ4v) is 3.38. The molecule has 3 heterocycles. The predicted octanol–water partition coefficient (Wildman–Crippen LogP) is 3.11. The summed E-state index contributed by atoms with van der Waals surface area (Å²) in [6.07, 6.45) is -0.740. The average Bonchev–Trinajstić information content (AvgIpc) is 3.08. The Labute approximate surface area is 141 Å². The molecule has 1 fully saturated rings. The van der Waals surface area contributed by atoms with Gasteiger partial charge in [-0.05, 0) is 18.3 Å². The average molecular weight is 361 g/mol. The van der Waals surface area contributed by atoms with Crippen LogP contribution >= 0.6 is 11.6 Å². The third-order valence-electron chi connectivity index (χ3n) is 4.47. The van der Waals surface area contributed by atoms with Crippen molar-refractivity contribution in [3.8, 4) is 0 Å². The molecule has 0 saturated carbocycles. The summed E-state index contributed by atoms with van der Waals surface area (Å²) in [5.74, 6) is -0.139. The maximum atomic E-state index is 13.4. The number of aromatic nitrogens is 3. The van der Waals surface area contributed by atoms with Crippen molar-refractivity contribution in [3.63, 3.8) is 0 Å². The molecule has 0 aromatic carbocycles. The Kier molecular flexibility index (Phi) is 4.42. The SMILES string of the molecule is CCC(Cc1c(C(F)(F)F)nc2ncc(Cl)cn12)C1CNC(=O)C1. The fraction of sp³-hybridized carbons (Fsp3) is 0.533. The van der Waals surface area contributed by atoms with E-state index in [-0.39, 0.29) is 40.7 Å².